The first-order valence-electron chi connectivity index (χ1n) is 7.27. The van der Waals surface area contributed by atoms with E-state index >= 15 is 0 Å². The van der Waals surface area contributed by atoms with Crippen molar-refractivity contribution in [3.05, 3.63) is 28.8 Å². The van der Waals surface area contributed by atoms with E-state index in [4.69, 9.17) is 17.3 Å². The number of nitrogens with two attached hydrogens (primary N) is 1. The van der Waals surface area contributed by atoms with Crippen LogP contribution in [0.1, 0.15) is 49.9 Å². The monoisotopic (exact) mass is 310 g/mol. The Morgan fingerprint density at radius 1 is 1.33 bits per heavy atom. The van der Waals surface area contributed by atoms with E-state index in [9.17, 15) is 9.90 Å². The minimum atomic E-state index is -0.832. The van der Waals surface area contributed by atoms with Gasteiger partial charge < -0.3 is 16.2 Å². The fourth-order valence-electron chi connectivity index (χ4n) is 2.68. The first kappa shape index (κ1) is 16.1. The molecule has 4 nitrogen and oxygen atoms in total. The van der Waals surface area contributed by atoms with Gasteiger partial charge >= 0.3 is 0 Å². The molecule has 4 N–H and O–H groups in total. The van der Waals surface area contributed by atoms with Gasteiger partial charge in [-0.2, -0.15) is 0 Å². The van der Waals surface area contributed by atoms with Crippen LogP contribution in [0.5, 0.6) is 0 Å². The third kappa shape index (κ3) is 3.89. The van der Waals surface area contributed by atoms with Crippen LogP contribution in [0.3, 0.4) is 0 Å². The van der Waals surface area contributed by atoms with Gasteiger partial charge in [0.1, 0.15) is 0 Å². The van der Waals surface area contributed by atoms with Gasteiger partial charge in [0.05, 0.1) is 16.2 Å². The van der Waals surface area contributed by atoms with Crippen molar-refractivity contribution in [1.82, 2.24) is 5.32 Å². The van der Waals surface area contributed by atoms with Gasteiger partial charge in [0.15, 0.2) is 0 Å². The fourth-order valence-corrected chi connectivity index (χ4v) is 2.95. The van der Waals surface area contributed by atoms with Gasteiger partial charge in [0, 0.05) is 12.2 Å². The predicted octanol–water partition coefficient (Wildman–Crippen LogP) is 2.98. The van der Waals surface area contributed by atoms with Crippen LogP contribution in [0.15, 0.2) is 18.2 Å². The van der Waals surface area contributed by atoms with E-state index in [-0.39, 0.29) is 23.4 Å². The molecule has 1 aromatic carbocycles. The second kappa shape index (κ2) is 5.85. The van der Waals surface area contributed by atoms with Crippen molar-refractivity contribution in [1.29, 1.82) is 0 Å². The summed E-state index contributed by atoms with van der Waals surface area (Å²) >= 11 is 6.01. The number of hydrogen-bond donors (Lipinski definition) is 3. The van der Waals surface area contributed by atoms with Crippen molar-refractivity contribution >= 4 is 23.2 Å². The molecule has 0 spiro atoms. The molecule has 2 rings (SSSR count). The normalized spacial score (nSPS) is 20.0. The molecular formula is C16H23ClN2O2. The average Bonchev–Trinajstić information content (AvgIpc) is 2.41. The first-order chi connectivity index (χ1) is 9.72. The molecule has 5 heteroatoms. The number of nitrogen functional groups attached to an aromatic ring is 1. The zero-order valence-corrected chi connectivity index (χ0v) is 13.3. The van der Waals surface area contributed by atoms with Crippen LogP contribution in [0.2, 0.25) is 5.02 Å². The van der Waals surface area contributed by atoms with Crippen molar-refractivity contribution < 1.29 is 9.90 Å². The molecule has 0 aliphatic heterocycles. The lowest BCUT2D eigenvalue weighted by Crippen LogP contribution is -2.46. The lowest BCUT2D eigenvalue weighted by molar-refractivity contribution is -0.0233. The van der Waals surface area contributed by atoms with E-state index < -0.39 is 5.60 Å². The Bertz CT molecular complexity index is 513. The van der Waals surface area contributed by atoms with Crippen molar-refractivity contribution in [3.63, 3.8) is 0 Å². The van der Waals surface area contributed by atoms with E-state index in [0.29, 0.717) is 23.6 Å². The number of amides is 1. The predicted molar refractivity (Wildman–Crippen MR) is 85.4 cm³/mol. The molecule has 1 saturated carbocycles. The summed E-state index contributed by atoms with van der Waals surface area (Å²) in [6, 6.07) is 4.97. The fraction of sp³-hybridized carbons (Fsp3) is 0.562. The highest BCUT2D eigenvalue weighted by Crippen LogP contribution is 2.39. The Balaban J connectivity index is 1.99. The summed E-state index contributed by atoms with van der Waals surface area (Å²) < 4.78 is 0. The van der Waals surface area contributed by atoms with Gasteiger partial charge in [-0.1, -0.05) is 31.5 Å². The standard InChI is InChI=1S/C16H23ClN2O2/c1-15(2)6-8-16(21,9-7-15)10-19-14(20)13-11(17)4-3-5-12(13)18/h3-5,21H,6-10,18H2,1-2H3,(H,19,20). The van der Waals surface area contributed by atoms with Crippen LogP contribution in [-0.2, 0) is 0 Å². The van der Waals surface area contributed by atoms with Crippen molar-refractivity contribution in [2.24, 2.45) is 5.41 Å². The maximum Gasteiger partial charge on any atom is 0.254 e. The Morgan fingerprint density at radius 2 is 1.95 bits per heavy atom. The second-order valence-electron chi connectivity index (χ2n) is 6.78. The second-order valence-corrected chi connectivity index (χ2v) is 7.18. The molecule has 1 aliphatic rings. The summed E-state index contributed by atoms with van der Waals surface area (Å²) in [5.41, 5.74) is 5.85. The quantitative estimate of drug-likeness (QED) is 0.751. The van der Waals surface area contributed by atoms with Gasteiger partial charge in [0.25, 0.3) is 5.91 Å². The van der Waals surface area contributed by atoms with Gasteiger partial charge in [-0.05, 0) is 43.2 Å². The molecule has 0 bridgehead atoms. The molecule has 1 aromatic rings. The summed E-state index contributed by atoms with van der Waals surface area (Å²) in [7, 11) is 0. The highest BCUT2D eigenvalue weighted by molar-refractivity contribution is 6.34. The number of anilines is 1. The molecule has 116 valence electrons. The van der Waals surface area contributed by atoms with Crippen LogP contribution in [-0.4, -0.2) is 23.2 Å². The number of carbonyl (C=O) groups is 1. The largest absolute Gasteiger partial charge is 0.398 e. The molecule has 1 aliphatic carbocycles. The van der Waals surface area contributed by atoms with E-state index in [2.05, 4.69) is 19.2 Å². The van der Waals surface area contributed by atoms with E-state index in [0.717, 1.165) is 12.8 Å². The smallest absolute Gasteiger partial charge is 0.254 e. The number of aliphatic hydroxyl groups is 1. The number of benzene rings is 1. The Labute approximate surface area is 130 Å². The lowest BCUT2D eigenvalue weighted by Gasteiger charge is -2.40. The lowest BCUT2D eigenvalue weighted by atomic mass is 9.71. The molecule has 0 saturated heterocycles. The number of nitrogens with one attached hydrogen (secondary N) is 1. The van der Waals surface area contributed by atoms with Crippen molar-refractivity contribution in [2.75, 3.05) is 12.3 Å². The molecule has 0 unspecified atom stereocenters. The molecule has 0 heterocycles. The van der Waals surface area contributed by atoms with E-state index in [1.165, 1.54) is 0 Å². The van der Waals surface area contributed by atoms with Gasteiger partial charge in [-0.25, -0.2) is 0 Å². The van der Waals surface area contributed by atoms with Crippen LogP contribution >= 0.6 is 11.6 Å². The number of hydrogen-bond acceptors (Lipinski definition) is 3. The molecule has 21 heavy (non-hydrogen) atoms. The highest BCUT2D eigenvalue weighted by atomic mass is 35.5. The minimum absolute atomic E-state index is 0.229. The Morgan fingerprint density at radius 3 is 2.52 bits per heavy atom. The van der Waals surface area contributed by atoms with Gasteiger partial charge in [-0.15, -0.1) is 0 Å². The third-order valence-electron chi connectivity index (χ3n) is 4.39. The minimum Gasteiger partial charge on any atom is -0.398 e. The number of halogens is 1. The topological polar surface area (TPSA) is 75.3 Å². The first-order valence-corrected chi connectivity index (χ1v) is 7.65. The Hall–Kier alpha value is -1.26. The Kier molecular flexibility index (Phi) is 4.49. The maximum absolute atomic E-state index is 12.2. The third-order valence-corrected chi connectivity index (χ3v) is 4.70. The molecule has 1 fully saturated rings. The summed E-state index contributed by atoms with van der Waals surface area (Å²) in [6.07, 6.45) is 3.29. The zero-order chi connectivity index (χ0) is 15.7. The van der Waals surface area contributed by atoms with Crippen molar-refractivity contribution in [3.8, 4) is 0 Å². The zero-order valence-electron chi connectivity index (χ0n) is 12.6. The number of rotatable bonds is 3. The summed E-state index contributed by atoms with van der Waals surface area (Å²) in [5, 5.41) is 13.6. The SMILES string of the molecule is CC1(C)CCC(O)(CNC(=O)c2c(N)cccc2Cl)CC1. The number of carbonyl (C=O) groups excluding carboxylic acids is 1. The average molecular weight is 311 g/mol. The molecule has 0 atom stereocenters. The molecule has 1 amide bonds. The van der Waals surface area contributed by atoms with Crippen molar-refractivity contribution in [2.45, 2.75) is 45.1 Å². The van der Waals surface area contributed by atoms with Gasteiger partial charge in [0.2, 0.25) is 0 Å². The molecule has 0 radical (unpaired) electrons. The van der Waals surface area contributed by atoms with Crippen LogP contribution in [0.4, 0.5) is 5.69 Å². The van der Waals surface area contributed by atoms with Crippen LogP contribution < -0.4 is 11.1 Å². The summed E-state index contributed by atoms with van der Waals surface area (Å²) in [4.78, 5) is 12.2. The molecular weight excluding hydrogens is 288 g/mol. The van der Waals surface area contributed by atoms with Gasteiger partial charge in [-0.3, -0.25) is 4.79 Å². The van der Waals surface area contributed by atoms with E-state index in [1.54, 1.807) is 18.2 Å². The van der Waals surface area contributed by atoms with E-state index in [1.807, 2.05) is 0 Å². The van der Waals surface area contributed by atoms with Crippen LogP contribution in [0.25, 0.3) is 0 Å². The molecule has 0 aromatic heterocycles. The summed E-state index contributed by atoms with van der Waals surface area (Å²) in [5.74, 6) is -0.337. The summed E-state index contributed by atoms with van der Waals surface area (Å²) in [6.45, 7) is 4.64. The van der Waals surface area contributed by atoms with Crippen LogP contribution in [0, 0.1) is 5.41 Å². The maximum atomic E-state index is 12.2. The highest BCUT2D eigenvalue weighted by Gasteiger charge is 2.36.